The van der Waals surface area contributed by atoms with Crippen LogP contribution in [0.4, 0.5) is 10.5 Å². The van der Waals surface area contributed by atoms with Crippen LogP contribution in [0.25, 0.3) is 0 Å². The summed E-state index contributed by atoms with van der Waals surface area (Å²) in [5.41, 5.74) is 2.46. The summed E-state index contributed by atoms with van der Waals surface area (Å²) in [4.78, 5) is 14.6. The van der Waals surface area contributed by atoms with Crippen LogP contribution in [-0.4, -0.2) is 25.2 Å². The van der Waals surface area contributed by atoms with Gasteiger partial charge in [-0.2, -0.15) is 0 Å². The Labute approximate surface area is 146 Å². The first-order valence-electron chi connectivity index (χ1n) is 9.64. The Balaban J connectivity index is 1.50. The second-order valence-corrected chi connectivity index (χ2v) is 7.31. The molecule has 2 amide bonds. The lowest BCUT2D eigenvalue weighted by Gasteiger charge is -2.29. The SMILES string of the molecule is CC(NC(=O)NC1CCCCC1)c1ccc(N2CCCCC2)cc1. The van der Waals surface area contributed by atoms with Gasteiger partial charge in [-0.3, -0.25) is 0 Å². The molecule has 1 aromatic carbocycles. The molecule has 1 saturated carbocycles. The van der Waals surface area contributed by atoms with Crippen LogP contribution in [-0.2, 0) is 0 Å². The van der Waals surface area contributed by atoms with Crippen molar-refractivity contribution in [3.63, 3.8) is 0 Å². The lowest BCUT2D eigenvalue weighted by molar-refractivity contribution is 0.229. The molecule has 1 unspecified atom stereocenters. The maximum absolute atomic E-state index is 12.2. The standard InChI is InChI=1S/C20H31N3O/c1-16(21-20(24)22-18-8-4-2-5-9-18)17-10-12-19(13-11-17)23-14-6-3-7-15-23/h10-13,16,18H,2-9,14-15H2,1H3,(H2,21,22,24). The van der Waals surface area contributed by atoms with Gasteiger partial charge in [-0.15, -0.1) is 0 Å². The maximum Gasteiger partial charge on any atom is 0.315 e. The monoisotopic (exact) mass is 329 g/mol. The zero-order valence-electron chi connectivity index (χ0n) is 14.9. The van der Waals surface area contributed by atoms with Crippen LogP contribution in [0.3, 0.4) is 0 Å². The number of rotatable bonds is 4. The number of nitrogens with zero attached hydrogens (tertiary/aromatic N) is 1. The van der Waals surface area contributed by atoms with E-state index >= 15 is 0 Å². The third-order valence-electron chi connectivity index (χ3n) is 5.40. The van der Waals surface area contributed by atoms with Gasteiger partial charge in [-0.1, -0.05) is 31.4 Å². The number of hydrogen-bond acceptors (Lipinski definition) is 2. The molecule has 1 aliphatic carbocycles. The average Bonchev–Trinajstić information content (AvgIpc) is 2.63. The molecule has 1 aromatic rings. The number of hydrogen-bond donors (Lipinski definition) is 2. The van der Waals surface area contributed by atoms with Crippen molar-refractivity contribution in [2.75, 3.05) is 18.0 Å². The first-order valence-corrected chi connectivity index (χ1v) is 9.64. The van der Waals surface area contributed by atoms with Gasteiger partial charge < -0.3 is 15.5 Å². The van der Waals surface area contributed by atoms with Crippen molar-refractivity contribution in [2.45, 2.75) is 70.4 Å². The smallest absolute Gasteiger partial charge is 0.315 e. The molecule has 132 valence electrons. The summed E-state index contributed by atoms with van der Waals surface area (Å²) < 4.78 is 0. The van der Waals surface area contributed by atoms with Gasteiger partial charge in [0.25, 0.3) is 0 Å². The number of urea groups is 1. The van der Waals surface area contributed by atoms with Crippen LogP contribution < -0.4 is 15.5 Å². The number of benzene rings is 1. The summed E-state index contributed by atoms with van der Waals surface area (Å²) in [7, 11) is 0. The van der Waals surface area contributed by atoms with Crippen LogP contribution in [0, 0.1) is 0 Å². The van der Waals surface area contributed by atoms with E-state index in [0.29, 0.717) is 6.04 Å². The maximum atomic E-state index is 12.2. The molecule has 1 heterocycles. The molecule has 0 radical (unpaired) electrons. The van der Waals surface area contributed by atoms with Crippen LogP contribution in [0.2, 0.25) is 0 Å². The molecule has 24 heavy (non-hydrogen) atoms. The summed E-state index contributed by atoms with van der Waals surface area (Å²) in [6.45, 7) is 4.38. The molecule has 0 spiro atoms. The summed E-state index contributed by atoms with van der Waals surface area (Å²) in [5.74, 6) is 0. The van der Waals surface area contributed by atoms with Crippen LogP contribution in [0.1, 0.15) is 69.9 Å². The normalized spacial score (nSPS) is 20.5. The molecule has 4 nitrogen and oxygen atoms in total. The third kappa shape index (κ3) is 4.65. The summed E-state index contributed by atoms with van der Waals surface area (Å²) >= 11 is 0. The molecule has 2 fully saturated rings. The quantitative estimate of drug-likeness (QED) is 0.861. The van der Waals surface area contributed by atoms with Gasteiger partial charge in [0, 0.05) is 24.8 Å². The molecule has 0 aromatic heterocycles. The number of carbonyl (C=O) groups excluding carboxylic acids is 1. The van der Waals surface area contributed by atoms with Gasteiger partial charge in [0.05, 0.1) is 6.04 Å². The van der Waals surface area contributed by atoms with Crippen LogP contribution in [0.15, 0.2) is 24.3 Å². The van der Waals surface area contributed by atoms with E-state index in [9.17, 15) is 4.79 Å². The number of nitrogens with one attached hydrogen (secondary N) is 2. The molecule has 4 heteroatoms. The zero-order chi connectivity index (χ0) is 16.8. The second kappa shape index (κ2) is 8.41. The minimum atomic E-state index is -0.0329. The number of anilines is 1. The predicted molar refractivity (Wildman–Crippen MR) is 99.5 cm³/mol. The molecule has 0 bridgehead atoms. The fourth-order valence-electron chi connectivity index (χ4n) is 3.88. The number of piperidine rings is 1. The molecule has 1 aliphatic heterocycles. The minimum Gasteiger partial charge on any atom is -0.372 e. The van der Waals surface area contributed by atoms with E-state index in [1.807, 2.05) is 0 Å². The van der Waals surface area contributed by atoms with Crippen molar-refractivity contribution in [3.05, 3.63) is 29.8 Å². The first-order chi connectivity index (χ1) is 11.7. The van der Waals surface area contributed by atoms with E-state index in [1.165, 1.54) is 44.2 Å². The van der Waals surface area contributed by atoms with Crippen molar-refractivity contribution in [3.8, 4) is 0 Å². The Morgan fingerprint density at radius 2 is 1.62 bits per heavy atom. The fraction of sp³-hybridized carbons (Fsp3) is 0.650. The Hall–Kier alpha value is -1.71. The second-order valence-electron chi connectivity index (χ2n) is 7.31. The summed E-state index contributed by atoms with van der Waals surface area (Å²) in [6.07, 6.45) is 9.95. The van der Waals surface area contributed by atoms with E-state index in [2.05, 4.69) is 46.7 Å². The lowest BCUT2D eigenvalue weighted by Crippen LogP contribution is -2.43. The van der Waals surface area contributed by atoms with Crippen molar-refractivity contribution in [2.24, 2.45) is 0 Å². The highest BCUT2D eigenvalue weighted by Gasteiger charge is 2.17. The molecule has 3 rings (SSSR count). The van der Waals surface area contributed by atoms with Gasteiger partial charge in [0.1, 0.15) is 0 Å². The Morgan fingerprint density at radius 3 is 2.29 bits per heavy atom. The topological polar surface area (TPSA) is 44.4 Å². The van der Waals surface area contributed by atoms with Gasteiger partial charge in [-0.05, 0) is 56.7 Å². The molecular formula is C20H31N3O. The Bertz CT molecular complexity index is 516. The number of amides is 2. The molecule has 2 aliphatic rings. The van der Waals surface area contributed by atoms with Crippen molar-refractivity contribution in [1.82, 2.24) is 10.6 Å². The van der Waals surface area contributed by atoms with Gasteiger partial charge >= 0.3 is 6.03 Å². The first kappa shape index (κ1) is 17.1. The van der Waals surface area contributed by atoms with E-state index in [4.69, 9.17) is 0 Å². The third-order valence-corrected chi connectivity index (χ3v) is 5.40. The predicted octanol–water partition coefficient (Wildman–Crippen LogP) is 4.37. The molecule has 2 N–H and O–H groups in total. The fourth-order valence-corrected chi connectivity index (χ4v) is 3.88. The van der Waals surface area contributed by atoms with E-state index in [1.54, 1.807) is 0 Å². The summed E-state index contributed by atoms with van der Waals surface area (Å²) in [6, 6.07) is 9.03. The largest absolute Gasteiger partial charge is 0.372 e. The van der Waals surface area contributed by atoms with Crippen LogP contribution >= 0.6 is 0 Å². The van der Waals surface area contributed by atoms with Crippen LogP contribution in [0.5, 0.6) is 0 Å². The Kier molecular flexibility index (Phi) is 6.00. The van der Waals surface area contributed by atoms with Crippen molar-refractivity contribution in [1.29, 1.82) is 0 Å². The van der Waals surface area contributed by atoms with Gasteiger partial charge in [0.15, 0.2) is 0 Å². The highest BCUT2D eigenvalue weighted by molar-refractivity contribution is 5.74. The minimum absolute atomic E-state index is 0.0315. The van der Waals surface area contributed by atoms with Gasteiger partial charge in [-0.25, -0.2) is 4.79 Å². The zero-order valence-corrected chi connectivity index (χ0v) is 14.9. The summed E-state index contributed by atoms with van der Waals surface area (Å²) in [5, 5.41) is 6.20. The average molecular weight is 329 g/mol. The Morgan fingerprint density at radius 1 is 1.00 bits per heavy atom. The highest BCUT2D eigenvalue weighted by Crippen LogP contribution is 2.22. The van der Waals surface area contributed by atoms with E-state index < -0.39 is 0 Å². The molecule has 1 atom stereocenters. The van der Waals surface area contributed by atoms with Gasteiger partial charge in [0.2, 0.25) is 0 Å². The van der Waals surface area contributed by atoms with E-state index in [-0.39, 0.29) is 12.1 Å². The molecular weight excluding hydrogens is 298 g/mol. The highest BCUT2D eigenvalue weighted by atomic mass is 16.2. The lowest BCUT2D eigenvalue weighted by atomic mass is 9.96. The van der Waals surface area contributed by atoms with Crippen molar-refractivity contribution >= 4 is 11.7 Å². The number of carbonyl (C=O) groups is 1. The van der Waals surface area contributed by atoms with Crippen molar-refractivity contribution < 1.29 is 4.79 Å². The van der Waals surface area contributed by atoms with E-state index in [0.717, 1.165) is 31.5 Å². The molecule has 1 saturated heterocycles.